The first-order valence-corrected chi connectivity index (χ1v) is 28.6. The van der Waals surface area contributed by atoms with Crippen LogP contribution in [0.2, 0.25) is 0 Å². The van der Waals surface area contributed by atoms with E-state index in [2.05, 4.69) is 179 Å². The molecule has 0 amide bonds. The van der Waals surface area contributed by atoms with Crippen molar-refractivity contribution in [2.45, 2.75) is 219 Å². The number of carbonyl (C=O) groups is 3. The molecule has 1 unspecified atom stereocenters. The topological polar surface area (TPSA) is 78.9 Å². The average molecular weight is 1000 g/mol. The van der Waals surface area contributed by atoms with Gasteiger partial charge in [-0.05, 0) is 135 Å². The van der Waals surface area contributed by atoms with Gasteiger partial charge in [-0.25, -0.2) is 0 Å². The van der Waals surface area contributed by atoms with Crippen molar-refractivity contribution in [1.82, 2.24) is 0 Å². The Labute approximate surface area is 447 Å². The molecule has 0 aromatic heterocycles. The van der Waals surface area contributed by atoms with E-state index in [1.165, 1.54) is 38.5 Å². The third kappa shape index (κ3) is 57.5. The lowest BCUT2D eigenvalue weighted by Crippen LogP contribution is -2.30. The number of hydrogen-bond donors (Lipinski definition) is 0. The van der Waals surface area contributed by atoms with Crippen molar-refractivity contribution >= 4 is 17.9 Å². The van der Waals surface area contributed by atoms with Crippen molar-refractivity contribution in [2.75, 3.05) is 13.2 Å². The van der Waals surface area contributed by atoms with Crippen molar-refractivity contribution in [3.05, 3.63) is 170 Å². The van der Waals surface area contributed by atoms with Gasteiger partial charge in [-0.1, -0.05) is 229 Å². The first-order valence-electron chi connectivity index (χ1n) is 28.6. The molecule has 0 saturated heterocycles. The van der Waals surface area contributed by atoms with E-state index >= 15 is 0 Å². The Morgan fingerprint density at radius 2 is 0.575 bits per heavy atom. The molecule has 0 aromatic carbocycles. The number of unbranched alkanes of at least 4 members (excludes halogenated alkanes) is 10. The van der Waals surface area contributed by atoms with Crippen molar-refractivity contribution in [3.63, 3.8) is 0 Å². The lowest BCUT2D eigenvalue weighted by atomic mass is 10.1. The molecule has 0 saturated carbocycles. The SMILES string of the molecule is CC/C=C\C/C=C\C/C=C\C/C=C\C/C=C\C/C=C\CCC(=O)OCC(COC(=O)CCC/C=C\C/C=C\C/C=C\C/C=C\CCCCC)OC(=O)CCCCCCCC/C=C\C/C=C\C/C=C\C/C=C\CC. The zero-order valence-electron chi connectivity index (χ0n) is 46.3. The van der Waals surface area contributed by atoms with Gasteiger partial charge in [-0.2, -0.15) is 0 Å². The first-order chi connectivity index (χ1) is 36.0. The van der Waals surface area contributed by atoms with Crippen molar-refractivity contribution < 1.29 is 28.6 Å². The van der Waals surface area contributed by atoms with Crippen LogP contribution in [0.3, 0.4) is 0 Å². The molecule has 0 spiro atoms. The van der Waals surface area contributed by atoms with E-state index in [0.29, 0.717) is 12.8 Å². The lowest BCUT2D eigenvalue weighted by Gasteiger charge is -2.18. The Hall–Kier alpha value is -5.23. The van der Waals surface area contributed by atoms with Gasteiger partial charge in [-0.3, -0.25) is 14.4 Å². The fourth-order valence-electron chi connectivity index (χ4n) is 6.98. The van der Waals surface area contributed by atoms with E-state index in [4.69, 9.17) is 14.2 Å². The average Bonchev–Trinajstić information content (AvgIpc) is 3.39. The minimum absolute atomic E-state index is 0.144. The fourth-order valence-corrected chi connectivity index (χ4v) is 6.98. The minimum Gasteiger partial charge on any atom is -0.462 e. The Bertz CT molecular complexity index is 1720. The van der Waals surface area contributed by atoms with E-state index in [0.717, 1.165) is 122 Å². The Morgan fingerprint density at radius 1 is 0.288 bits per heavy atom. The van der Waals surface area contributed by atoms with Crippen molar-refractivity contribution in [1.29, 1.82) is 0 Å². The molecular formula is C67H102O6. The number of rotatable bonds is 49. The zero-order valence-corrected chi connectivity index (χ0v) is 46.3. The van der Waals surface area contributed by atoms with Crippen LogP contribution >= 0.6 is 0 Å². The maximum atomic E-state index is 12.9. The lowest BCUT2D eigenvalue weighted by molar-refractivity contribution is -0.166. The Morgan fingerprint density at radius 3 is 0.959 bits per heavy atom. The van der Waals surface area contributed by atoms with E-state index in [-0.39, 0.29) is 50.4 Å². The van der Waals surface area contributed by atoms with Crippen LogP contribution in [-0.4, -0.2) is 37.2 Å². The van der Waals surface area contributed by atoms with Crippen LogP contribution < -0.4 is 0 Å². The largest absolute Gasteiger partial charge is 0.462 e. The molecule has 406 valence electrons. The third-order valence-electron chi connectivity index (χ3n) is 11.2. The molecule has 0 aromatic rings. The molecule has 0 radical (unpaired) electrons. The first kappa shape index (κ1) is 67.8. The van der Waals surface area contributed by atoms with Crippen LogP contribution in [0, 0.1) is 0 Å². The third-order valence-corrected chi connectivity index (χ3v) is 11.2. The molecule has 0 aliphatic carbocycles. The predicted molar refractivity (Wildman–Crippen MR) is 315 cm³/mol. The summed E-state index contributed by atoms with van der Waals surface area (Å²) in [5, 5.41) is 0. The molecule has 0 N–H and O–H groups in total. The molecule has 0 aliphatic heterocycles. The Kier molecular flexibility index (Phi) is 55.1. The maximum absolute atomic E-state index is 12.9. The second-order valence-electron chi connectivity index (χ2n) is 18.1. The van der Waals surface area contributed by atoms with Gasteiger partial charge in [0.2, 0.25) is 0 Å². The number of carbonyl (C=O) groups excluding carboxylic acids is 3. The van der Waals surface area contributed by atoms with Crippen molar-refractivity contribution in [3.8, 4) is 0 Å². The molecule has 6 heteroatoms. The summed E-state index contributed by atoms with van der Waals surface area (Å²) >= 11 is 0. The smallest absolute Gasteiger partial charge is 0.306 e. The second-order valence-corrected chi connectivity index (χ2v) is 18.1. The van der Waals surface area contributed by atoms with Crippen LogP contribution in [0.1, 0.15) is 213 Å². The second kappa shape index (κ2) is 59.3. The molecule has 1 atom stereocenters. The fraction of sp³-hybridized carbons (Fsp3) is 0.537. The molecule has 73 heavy (non-hydrogen) atoms. The van der Waals surface area contributed by atoms with Gasteiger partial charge < -0.3 is 14.2 Å². The summed E-state index contributed by atoms with van der Waals surface area (Å²) in [6.45, 7) is 6.24. The summed E-state index contributed by atoms with van der Waals surface area (Å²) in [5.41, 5.74) is 0. The highest BCUT2D eigenvalue weighted by molar-refractivity contribution is 5.71. The highest BCUT2D eigenvalue weighted by Gasteiger charge is 2.19. The van der Waals surface area contributed by atoms with Crippen LogP contribution in [0.5, 0.6) is 0 Å². The highest BCUT2D eigenvalue weighted by atomic mass is 16.6. The van der Waals surface area contributed by atoms with E-state index < -0.39 is 6.10 Å². The van der Waals surface area contributed by atoms with Gasteiger partial charge in [0, 0.05) is 19.3 Å². The summed E-state index contributed by atoms with van der Waals surface area (Å²) in [6.07, 6.45) is 87.8. The molecule has 6 nitrogen and oxygen atoms in total. The van der Waals surface area contributed by atoms with Gasteiger partial charge >= 0.3 is 17.9 Å². The van der Waals surface area contributed by atoms with Crippen LogP contribution in [0.25, 0.3) is 0 Å². The molecular weight excluding hydrogens is 901 g/mol. The number of hydrogen-bond acceptors (Lipinski definition) is 6. The van der Waals surface area contributed by atoms with Gasteiger partial charge in [0.05, 0.1) is 0 Å². The molecule has 0 heterocycles. The normalized spacial score (nSPS) is 13.4. The van der Waals surface area contributed by atoms with Crippen molar-refractivity contribution in [2.24, 2.45) is 0 Å². The van der Waals surface area contributed by atoms with Gasteiger partial charge in [-0.15, -0.1) is 0 Å². The van der Waals surface area contributed by atoms with Gasteiger partial charge in [0.15, 0.2) is 6.10 Å². The number of esters is 3. The zero-order chi connectivity index (χ0) is 52.9. The summed E-state index contributed by atoms with van der Waals surface area (Å²) in [4.78, 5) is 38.1. The number of ether oxygens (including phenoxy) is 3. The summed E-state index contributed by atoms with van der Waals surface area (Å²) in [6, 6.07) is 0. The monoisotopic (exact) mass is 1000 g/mol. The maximum Gasteiger partial charge on any atom is 0.306 e. The van der Waals surface area contributed by atoms with Crippen LogP contribution in [-0.2, 0) is 28.6 Å². The van der Waals surface area contributed by atoms with Gasteiger partial charge in [0.25, 0.3) is 0 Å². The standard InChI is InChI=1S/C67H102O6/c1-4-7-10-13-16-19-22-25-28-31-33-36-39-42-45-48-51-54-57-60-66(69)72-63-64(62-71-65(68)59-56-53-50-47-44-41-38-35-30-27-24-21-18-15-12-9-6-3)73-67(70)61-58-55-52-49-46-43-40-37-34-32-29-26-23-20-17-14-11-8-5-2/h7-8,10-11,16-21,25-30,33-34,36-38,41-42,45,47,50-51,54,64H,4-6,9,12-15,22-24,31-32,35,39-40,43-44,46,48-49,52-53,55-63H2,1-3H3/b10-7-,11-8-,19-16-,20-17-,21-18-,28-25-,29-26-,30-27-,36-33-,37-34-,41-38-,45-42-,50-47-,54-51-. The summed E-state index contributed by atoms with van der Waals surface area (Å²) < 4.78 is 16.7. The Balaban J connectivity index is 4.65. The molecule has 0 rings (SSSR count). The van der Waals surface area contributed by atoms with Gasteiger partial charge in [0.1, 0.15) is 13.2 Å². The van der Waals surface area contributed by atoms with E-state index in [1.807, 2.05) is 12.2 Å². The van der Waals surface area contributed by atoms with Crippen LogP contribution in [0.4, 0.5) is 0 Å². The molecule has 0 fully saturated rings. The summed E-state index contributed by atoms with van der Waals surface area (Å²) in [5.74, 6) is -1.11. The van der Waals surface area contributed by atoms with E-state index in [1.54, 1.807) is 0 Å². The van der Waals surface area contributed by atoms with Crippen LogP contribution in [0.15, 0.2) is 170 Å². The molecule has 0 bridgehead atoms. The minimum atomic E-state index is -0.849. The quantitative estimate of drug-likeness (QED) is 0.0261. The highest BCUT2D eigenvalue weighted by Crippen LogP contribution is 2.12. The number of allylic oxidation sites excluding steroid dienone is 28. The summed E-state index contributed by atoms with van der Waals surface area (Å²) in [7, 11) is 0. The van der Waals surface area contributed by atoms with E-state index in [9.17, 15) is 14.4 Å². The predicted octanol–water partition coefficient (Wildman–Crippen LogP) is 19.5. The molecule has 0 aliphatic rings.